The molecule has 1 fully saturated rings. The lowest BCUT2D eigenvalue weighted by molar-refractivity contribution is -0.173. The molecule has 10 heteroatoms. The number of piperazine rings is 1. The zero-order valence-corrected chi connectivity index (χ0v) is 15.0. The summed E-state index contributed by atoms with van der Waals surface area (Å²) in [6.45, 7) is 1.27. The van der Waals surface area contributed by atoms with Crippen LogP contribution in [0, 0.1) is 11.6 Å². The Hall–Kier alpha value is -2.10. The number of alkyl halides is 3. The van der Waals surface area contributed by atoms with Crippen LogP contribution in [-0.2, 0) is 4.74 Å². The average Bonchev–Trinajstić information content (AvgIpc) is 2.62. The molecular formula is C17H23F5N4O. The van der Waals surface area contributed by atoms with Gasteiger partial charge in [-0.1, -0.05) is 0 Å². The Balaban J connectivity index is 1.74. The van der Waals surface area contributed by atoms with Crippen molar-refractivity contribution < 1.29 is 26.7 Å². The molecule has 0 radical (unpaired) electrons. The molecule has 1 aliphatic heterocycles. The number of hydrogen-bond acceptors (Lipinski definition) is 3. The van der Waals surface area contributed by atoms with Crippen LogP contribution in [0.4, 0.5) is 27.6 Å². The van der Waals surface area contributed by atoms with E-state index < -0.39 is 24.4 Å². The Kier molecular flexibility index (Phi) is 7.64. The van der Waals surface area contributed by atoms with Crippen LogP contribution >= 0.6 is 0 Å². The Labute approximate surface area is 154 Å². The number of aliphatic imine (C=N–C) groups is 1. The summed E-state index contributed by atoms with van der Waals surface area (Å²) in [5.41, 5.74) is 0.236. The maximum absolute atomic E-state index is 13.9. The summed E-state index contributed by atoms with van der Waals surface area (Å²) in [5, 5.41) is 3.07. The topological polar surface area (TPSA) is 40.1 Å². The number of nitrogens with one attached hydrogen (secondary N) is 1. The summed E-state index contributed by atoms with van der Waals surface area (Å²) in [6.07, 6.45) is -3.91. The van der Waals surface area contributed by atoms with E-state index in [0.29, 0.717) is 45.1 Å². The van der Waals surface area contributed by atoms with E-state index in [0.717, 1.165) is 12.1 Å². The van der Waals surface area contributed by atoms with Crippen LogP contribution < -0.4 is 10.2 Å². The van der Waals surface area contributed by atoms with Crippen molar-refractivity contribution in [3.05, 3.63) is 29.8 Å². The minimum Gasteiger partial charge on any atom is -0.372 e. The molecule has 0 aliphatic carbocycles. The first-order valence-electron chi connectivity index (χ1n) is 8.60. The van der Waals surface area contributed by atoms with Crippen molar-refractivity contribution in [3.8, 4) is 0 Å². The molecule has 5 nitrogen and oxygen atoms in total. The molecule has 1 N–H and O–H groups in total. The van der Waals surface area contributed by atoms with E-state index in [1.54, 1.807) is 11.9 Å². The van der Waals surface area contributed by atoms with Gasteiger partial charge in [0.05, 0.1) is 5.69 Å². The molecule has 1 aliphatic rings. The smallest absolute Gasteiger partial charge is 0.372 e. The molecule has 0 atom stereocenters. The second kappa shape index (κ2) is 9.72. The average molecular weight is 394 g/mol. The second-order valence-corrected chi connectivity index (χ2v) is 6.07. The normalized spacial score (nSPS) is 16.0. The summed E-state index contributed by atoms with van der Waals surface area (Å²) in [4.78, 5) is 7.89. The van der Waals surface area contributed by atoms with Crippen LogP contribution in [0.15, 0.2) is 23.2 Å². The zero-order chi connectivity index (χ0) is 19.9. The van der Waals surface area contributed by atoms with E-state index >= 15 is 0 Å². The van der Waals surface area contributed by atoms with Crippen molar-refractivity contribution in [1.29, 1.82) is 0 Å². The first-order chi connectivity index (χ1) is 12.8. The van der Waals surface area contributed by atoms with Gasteiger partial charge in [0, 0.05) is 52.4 Å². The van der Waals surface area contributed by atoms with E-state index in [1.807, 2.05) is 4.90 Å². The van der Waals surface area contributed by atoms with Crippen molar-refractivity contribution >= 4 is 11.6 Å². The molecule has 152 valence electrons. The number of benzene rings is 1. The largest absolute Gasteiger partial charge is 0.411 e. The van der Waals surface area contributed by atoms with E-state index in [2.05, 4.69) is 15.0 Å². The van der Waals surface area contributed by atoms with Crippen molar-refractivity contribution in [2.24, 2.45) is 4.99 Å². The molecule has 1 heterocycles. The van der Waals surface area contributed by atoms with Gasteiger partial charge in [0.15, 0.2) is 5.96 Å². The Bertz CT molecular complexity index is 630. The summed E-state index contributed by atoms with van der Waals surface area (Å²) in [7, 11) is 1.61. The maximum Gasteiger partial charge on any atom is 0.411 e. The third-order valence-corrected chi connectivity index (χ3v) is 4.05. The highest BCUT2D eigenvalue weighted by atomic mass is 19.4. The number of ether oxygens (including phenoxy) is 1. The third kappa shape index (κ3) is 6.85. The van der Waals surface area contributed by atoms with Gasteiger partial charge < -0.3 is 19.9 Å². The van der Waals surface area contributed by atoms with Gasteiger partial charge in [-0.15, -0.1) is 0 Å². The Morgan fingerprint density at radius 2 is 1.89 bits per heavy atom. The predicted molar refractivity (Wildman–Crippen MR) is 93.0 cm³/mol. The molecule has 0 amide bonds. The van der Waals surface area contributed by atoms with Crippen molar-refractivity contribution in [3.63, 3.8) is 0 Å². The first-order valence-corrected chi connectivity index (χ1v) is 8.60. The highest BCUT2D eigenvalue weighted by molar-refractivity contribution is 5.80. The molecule has 1 aromatic rings. The molecule has 1 saturated heterocycles. The van der Waals surface area contributed by atoms with Crippen molar-refractivity contribution in [2.45, 2.75) is 12.6 Å². The van der Waals surface area contributed by atoms with E-state index in [9.17, 15) is 22.0 Å². The Morgan fingerprint density at radius 1 is 1.19 bits per heavy atom. The summed E-state index contributed by atoms with van der Waals surface area (Å²) in [5.74, 6) is -0.338. The quantitative estimate of drug-likeness (QED) is 0.349. The van der Waals surface area contributed by atoms with E-state index in [-0.39, 0.29) is 12.3 Å². The van der Waals surface area contributed by atoms with Gasteiger partial charge in [-0.25, -0.2) is 8.78 Å². The van der Waals surface area contributed by atoms with Gasteiger partial charge >= 0.3 is 6.18 Å². The van der Waals surface area contributed by atoms with Crippen LogP contribution in [0.5, 0.6) is 0 Å². The second-order valence-electron chi connectivity index (χ2n) is 6.07. The van der Waals surface area contributed by atoms with Gasteiger partial charge in [0.1, 0.15) is 18.2 Å². The molecule has 0 unspecified atom stereocenters. The zero-order valence-electron chi connectivity index (χ0n) is 15.0. The summed E-state index contributed by atoms with van der Waals surface area (Å²) in [6, 6.07) is 3.37. The van der Waals surface area contributed by atoms with Gasteiger partial charge in [0.2, 0.25) is 0 Å². The molecule has 0 spiro atoms. The standard InChI is InChI=1S/C17H23F5N4O/c1-23-16(24-5-2-10-27-12-17(20,21)22)26-8-6-25(7-9-26)15-11-13(18)3-4-14(15)19/h3-4,11H,2,5-10,12H2,1H3,(H,23,24). The molecule has 0 aromatic heterocycles. The monoisotopic (exact) mass is 394 g/mol. The molecular weight excluding hydrogens is 371 g/mol. The highest BCUT2D eigenvalue weighted by Crippen LogP contribution is 2.22. The van der Waals surface area contributed by atoms with E-state index in [4.69, 9.17) is 0 Å². The van der Waals surface area contributed by atoms with Gasteiger partial charge in [-0.3, -0.25) is 4.99 Å². The molecule has 0 saturated carbocycles. The van der Waals surface area contributed by atoms with Crippen LogP contribution in [0.25, 0.3) is 0 Å². The summed E-state index contributed by atoms with van der Waals surface area (Å²) < 4.78 is 67.7. The van der Waals surface area contributed by atoms with Crippen LogP contribution in [-0.4, -0.2) is 70.0 Å². The van der Waals surface area contributed by atoms with E-state index in [1.165, 1.54) is 6.07 Å². The Morgan fingerprint density at radius 3 is 2.52 bits per heavy atom. The number of anilines is 1. The maximum atomic E-state index is 13.9. The summed E-state index contributed by atoms with van der Waals surface area (Å²) >= 11 is 0. The lowest BCUT2D eigenvalue weighted by Gasteiger charge is -2.37. The van der Waals surface area contributed by atoms with Gasteiger partial charge in [-0.2, -0.15) is 13.2 Å². The van der Waals surface area contributed by atoms with Crippen molar-refractivity contribution in [2.75, 3.05) is 57.9 Å². The lowest BCUT2D eigenvalue weighted by Crippen LogP contribution is -2.52. The number of rotatable bonds is 6. The highest BCUT2D eigenvalue weighted by Gasteiger charge is 2.27. The van der Waals surface area contributed by atoms with Crippen LogP contribution in [0.2, 0.25) is 0 Å². The molecule has 0 bridgehead atoms. The SMILES string of the molecule is CN=C(NCCCOCC(F)(F)F)N1CCN(c2cc(F)ccc2F)CC1. The fourth-order valence-corrected chi connectivity index (χ4v) is 2.78. The fourth-order valence-electron chi connectivity index (χ4n) is 2.78. The number of halogens is 5. The minimum atomic E-state index is -4.32. The van der Waals surface area contributed by atoms with Crippen molar-refractivity contribution in [1.82, 2.24) is 10.2 Å². The minimum absolute atomic E-state index is 0.00384. The van der Waals surface area contributed by atoms with Gasteiger partial charge in [0.25, 0.3) is 0 Å². The molecule has 1 aromatic carbocycles. The van der Waals surface area contributed by atoms with Crippen LogP contribution in [0.1, 0.15) is 6.42 Å². The van der Waals surface area contributed by atoms with Crippen LogP contribution in [0.3, 0.4) is 0 Å². The number of nitrogens with zero attached hydrogens (tertiary/aromatic N) is 3. The third-order valence-electron chi connectivity index (χ3n) is 4.05. The first kappa shape index (κ1) is 21.2. The lowest BCUT2D eigenvalue weighted by atomic mass is 10.2. The molecule has 27 heavy (non-hydrogen) atoms. The predicted octanol–water partition coefficient (Wildman–Crippen LogP) is 2.63. The fraction of sp³-hybridized carbons (Fsp3) is 0.588. The number of guanidine groups is 1. The number of hydrogen-bond donors (Lipinski definition) is 1. The molecule has 2 rings (SSSR count). The van der Waals surface area contributed by atoms with Gasteiger partial charge in [-0.05, 0) is 18.6 Å².